The molecule has 1 saturated heterocycles. The Kier molecular flexibility index (Phi) is 5.98. The Balaban J connectivity index is 1.46. The van der Waals surface area contributed by atoms with Gasteiger partial charge in [-0.3, -0.25) is 14.5 Å². The zero-order chi connectivity index (χ0) is 22.1. The van der Waals surface area contributed by atoms with Crippen LogP contribution >= 0.6 is 23.5 Å². The second-order valence-corrected chi connectivity index (χ2v) is 8.87. The molecule has 0 saturated carbocycles. The summed E-state index contributed by atoms with van der Waals surface area (Å²) in [5.74, 6) is -2.14. The molecule has 3 heterocycles. The zero-order valence-corrected chi connectivity index (χ0v) is 17.8. The van der Waals surface area contributed by atoms with Gasteiger partial charge in [-0.05, 0) is 21.6 Å². The van der Waals surface area contributed by atoms with E-state index < -0.39 is 35.3 Å². The Morgan fingerprint density at radius 3 is 2.77 bits per heavy atom. The standard InChI is InChI=1S/C18H18N6O5S2/c1-23-18(20-21-22-23)31-8-10-7-30-16-11(15(27)24(16)12(10)17(28)29)19-14(26)13(25)9-5-3-2-4-6-9/h2-6,11,13,16,25H,7-8H2,1H3,(H,19,26)(H,28,29)/p-1/t11-,13?,16?/m0/s1. The molecule has 2 unspecified atom stereocenters. The predicted octanol–water partition coefficient (Wildman–Crippen LogP) is -1.56. The maximum Gasteiger partial charge on any atom is 0.254 e. The first kappa shape index (κ1) is 21.3. The summed E-state index contributed by atoms with van der Waals surface area (Å²) >= 11 is 2.58. The number of β-lactam (4-membered cyclic amide) rings is 1. The van der Waals surface area contributed by atoms with Crippen LogP contribution in [0.1, 0.15) is 11.7 Å². The number of aliphatic hydroxyl groups excluding tert-OH is 1. The van der Waals surface area contributed by atoms with Gasteiger partial charge in [0, 0.05) is 18.6 Å². The molecular weight excluding hydrogens is 444 g/mol. The number of aliphatic hydroxyl groups is 1. The van der Waals surface area contributed by atoms with E-state index in [0.29, 0.717) is 22.0 Å². The highest BCUT2D eigenvalue weighted by molar-refractivity contribution is 8.01. The number of carboxylic acid groups (broad SMARTS) is 1. The van der Waals surface area contributed by atoms with Crippen LogP contribution < -0.4 is 10.4 Å². The minimum absolute atomic E-state index is 0.189. The molecule has 1 aromatic carbocycles. The molecule has 0 aliphatic carbocycles. The van der Waals surface area contributed by atoms with Crippen LogP contribution in [0.3, 0.4) is 0 Å². The molecule has 2 amide bonds. The number of carboxylic acids is 1. The number of thioether (sulfide) groups is 2. The number of aliphatic carboxylic acids is 1. The van der Waals surface area contributed by atoms with Gasteiger partial charge in [-0.15, -0.1) is 16.9 Å². The van der Waals surface area contributed by atoms with E-state index in [0.717, 1.165) is 4.90 Å². The van der Waals surface area contributed by atoms with Gasteiger partial charge in [0.1, 0.15) is 11.4 Å². The maximum absolute atomic E-state index is 12.7. The van der Waals surface area contributed by atoms with Crippen LogP contribution in [0.15, 0.2) is 46.8 Å². The van der Waals surface area contributed by atoms with Crippen molar-refractivity contribution >= 4 is 41.3 Å². The molecule has 4 rings (SSSR count). The van der Waals surface area contributed by atoms with Crippen molar-refractivity contribution in [2.24, 2.45) is 7.05 Å². The van der Waals surface area contributed by atoms with Crippen molar-refractivity contribution in [2.75, 3.05) is 11.5 Å². The summed E-state index contributed by atoms with van der Waals surface area (Å²) in [6.07, 6.45) is -1.43. The average molecular weight is 462 g/mol. The van der Waals surface area contributed by atoms with Crippen LogP contribution in [0.2, 0.25) is 0 Å². The van der Waals surface area contributed by atoms with Gasteiger partial charge in [0.15, 0.2) is 6.10 Å². The lowest BCUT2D eigenvalue weighted by Crippen LogP contribution is -2.71. The third-order valence-corrected chi connectivity index (χ3v) is 7.30. The SMILES string of the molecule is Cn1nnnc1SCC1=C(C(=O)[O-])N2C(=O)[C@H](NC(=O)C(O)c3ccccc3)C2SC1. The van der Waals surface area contributed by atoms with Crippen LogP contribution in [0.4, 0.5) is 0 Å². The van der Waals surface area contributed by atoms with Gasteiger partial charge in [0.25, 0.3) is 11.8 Å². The molecule has 0 radical (unpaired) electrons. The molecular formula is C18H17N6O5S2-. The van der Waals surface area contributed by atoms with E-state index in [1.165, 1.54) is 28.2 Å². The van der Waals surface area contributed by atoms with Gasteiger partial charge >= 0.3 is 0 Å². The van der Waals surface area contributed by atoms with Gasteiger partial charge in [-0.1, -0.05) is 42.1 Å². The van der Waals surface area contributed by atoms with Crippen molar-refractivity contribution in [1.82, 2.24) is 30.4 Å². The fourth-order valence-electron chi connectivity index (χ4n) is 3.30. The number of amides is 2. The molecule has 2 aromatic rings. The number of fused-ring (bicyclic) bond motifs is 1. The number of benzene rings is 1. The Hall–Kier alpha value is -2.90. The lowest BCUT2D eigenvalue weighted by molar-refractivity contribution is -0.301. The molecule has 0 spiro atoms. The number of carbonyl (C=O) groups is 3. The molecule has 11 nitrogen and oxygen atoms in total. The van der Waals surface area contributed by atoms with Crippen LogP contribution in [-0.4, -0.2) is 70.9 Å². The molecule has 2 aliphatic rings. The molecule has 1 aromatic heterocycles. The van der Waals surface area contributed by atoms with Crippen molar-refractivity contribution in [3.05, 3.63) is 47.2 Å². The quantitative estimate of drug-likeness (QED) is 0.365. The molecule has 0 bridgehead atoms. The molecule has 162 valence electrons. The Morgan fingerprint density at radius 1 is 1.39 bits per heavy atom. The van der Waals surface area contributed by atoms with E-state index in [-0.39, 0.29) is 11.4 Å². The summed E-state index contributed by atoms with van der Waals surface area (Å²) < 4.78 is 1.46. The highest BCUT2D eigenvalue weighted by Gasteiger charge is 2.53. The van der Waals surface area contributed by atoms with Gasteiger partial charge in [-0.2, -0.15) is 0 Å². The number of hydrogen-bond acceptors (Lipinski definition) is 10. The fourth-order valence-corrected chi connectivity index (χ4v) is 5.63. The molecule has 1 fully saturated rings. The van der Waals surface area contributed by atoms with Gasteiger partial charge in [-0.25, -0.2) is 4.68 Å². The Morgan fingerprint density at radius 2 is 2.13 bits per heavy atom. The summed E-state index contributed by atoms with van der Waals surface area (Å²) in [5, 5.41) is 35.6. The van der Waals surface area contributed by atoms with Gasteiger partial charge < -0.3 is 20.3 Å². The monoisotopic (exact) mass is 461 g/mol. The second-order valence-electron chi connectivity index (χ2n) is 6.82. The Labute approximate surface area is 184 Å². The number of nitrogens with zero attached hydrogens (tertiary/aromatic N) is 5. The fraction of sp³-hybridized carbons (Fsp3) is 0.333. The predicted molar refractivity (Wildman–Crippen MR) is 108 cm³/mol. The molecule has 31 heavy (non-hydrogen) atoms. The number of nitrogens with one attached hydrogen (secondary N) is 1. The number of aromatic nitrogens is 4. The summed E-state index contributed by atoms with van der Waals surface area (Å²) in [6.45, 7) is 0. The molecule has 13 heteroatoms. The number of rotatable bonds is 7. The zero-order valence-electron chi connectivity index (χ0n) is 16.2. The number of hydrogen-bond donors (Lipinski definition) is 2. The van der Waals surface area contributed by atoms with Gasteiger partial charge in [0.05, 0.1) is 11.7 Å². The highest BCUT2D eigenvalue weighted by atomic mass is 32.2. The first-order chi connectivity index (χ1) is 14.9. The van der Waals surface area contributed by atoms with Gasteiger partial charge in [0.2, 0.25) is 5.16 Å². The minimum atomic E-state index is -1.46. The third kappa shape index (κ3) is 4.03. The molecule has 2 aliphatic heterocycles. The van der Waals surface area contributed by atoms with Crippen molar-refractivity contribution in [2.45, 2.75) is 22.7 Å². The van der Waals surface area contributed by atoms with Crippen LogP contribution in [0, 0.1) is 0 Å². The van der Waals surface area contributed by atoms with E-state index >= 15 is 0 Å². The average Bonchev–Trinajstić information content (AvgIpc) is 3.19. The number of aryl methyl sites for hydroxylation is 1. The van der Waals surface area contributed by atoms with Crippen molar-refractivity contribution in [1.29, 1.82) is 0 Å². The molecule has 3 atom stereocenters. The first-order valence-electron chi connectivity index (χ1n) is 9.15. The molecule has 2 N–H and O–H groups in total. The first-order valence-corrected chi connectivity index (χ1v) is 11.2. The summed E-state index contributed by atoms with van der Waals surface area (Å²) in [6, 6.07) is 7.40. The van der Waals surface area contributed by atoms with Crippen molar-refractivity contribution in [3.8, 4) is 0 Å². The number of tetrazole rings is 1. The van der Waals surface area contributed by atoms with E-state index in [2.05, 4.69) is 20.8 Å². The van der Waals surface area contributed by atoms with Crippen LogP contribution in [0.5, 0.6) is 0 Å². The van der Waals surface area contributed by atoms with E-state index in [4.69, 9.17) is 0 Å². The highest BCUT2D eigenvalue weighted by Crippen LogP contribution is 2.41. The summed E-state index contributed by atoms with van der Waals surface area (Å²) in [5.41, 5.74) is 0.718. The third-order valence-electron chi connectivity index (χ3n) is 4.86. The van der Waals surface area contributed by atoms with Crippen LogP contribution in [0.25, 0.3) is 0 Å². The van der Waals surface area contributed by atoms with E-state index in [1.807, 2.05) is 0 Å². The minimum Gasteiger partial charge on any atom is -0.543 e. The summed E-state index contributed by atoms with van der Waals surface area (Å²) in [4.78, 5) is 38.0. The van der Waals surface area contributed by atoms with Crippen LogP contribution in [-0.2, 0) is 21.4 Å². The number of carbonyl (C=O) groups excluding carboxylic acids is 3. The maximum atomic E-state index is 12.7. The smallest absolute Gasteiger partial charge is 0.254 e. The second kappa shape index (κ2) is 8.69. The van der Waals surface area contributed by atoms with Crippen molar-refractivity contribution in [3.63, 3.8) is 0 Å². The largest absolute Gasteiger partial charge is 0.543 e. The lowest BCUT2D eigenvalue weighted by Gasteiger charge is -2.51. The Bertz CT molecular complexity index is 1060. The normalized spacial score (nSPS) is 21.4. The topological polar surface area (TPSA) is 153 Å². The van der Waals surface area contributed by atoms with Crippen molar-refractivity contribution < 1.29 is 24.6 Å². The van der Waals surface area contributed by atoms with E-state index in [9.17, 15) is 24.6 Å². The lowest BCUT2D eigenvalue weighted by atomic mass is 10.0. The summed E-state index contributed by atoms with van der Waals surface area (Å²) in [7, 11) is 1.66. The van der Waals surface area contributed by atoms with E-state index in [1.54, 1.807) is 37.4 Å².